The Bertz CT molecular complexity index is 359. The number of aryl methyl sites for hydroxylation is 1. The van der Waals surface area contributed by atoms with Crippen LogP contribution in [0.5, 0.6) is 5.75 Å². The van der Waals surface area contributed by atoms with Crippen LogP contribution in [0.1, 0.15) is 58.2 Å². The predicted molar refractivity (Wildman–Crippen MR) is 70.2 cm³/mol. The van der Waals surface area contributed by atoms with Crippen LogP contribution in [0.4, 0.5) is 0 Å². The first-order chi connectivity index (χ1) is 7.03. The first kappa shape index (κ1) is 16.7. The van der Waals surface area contributed by atoms with Gasteiger partial charge in [0.05, 0.1) is 0 Å². The predicted octanol–water partition coefficient (Wildman–Crippen LogP) is 4.29. The summed E-state index contributed by atoms with van der Waals surface area (Å²) in [6.45, 7) is 14.9. The van der Waals surface area contributed by atoms with Gasteiger partial charge in [0.15, 0.2) is 0 Å². The van der Waals surface area contributed by atoms with E-state index in [9.17, 15) is 5.11 Å². The van der Waals surface area contributed by atoms with Crippen LogP contribution in [-0.2, 0) is 31.9 Å². The van der Waals surface area contributed by atoms with Crippen LogP contribution in [0.3, 0.4) is 0 Å². The van der Waals surface area contributed by atoms with Crippen LogP contribution in [0.15, 0.2) is 12.1 Å². The number of benzene rings is 1. The number of phenols is 1. The number of phenolic OH excluding ortho intramolecular Hbond substituents is 1. The Morgan fingerprint density at radius 3 is 1.35 bits per heavy atom. The fourth-order valence-corrected chi connectivity index (χ4v) is 1.92. The summed E-state index contributed by atoms with van der Waals surface area (Å²) in [7, 11) is 0. The summed E-state index contributed by atoms with van der Waals surface area (Å²) in [5.74, 6) is 0.464. The van der Waals surface area contributed by atoms with Crippen molar-refractivity contribution in [1.82, 2.24) is 0 Å². The van der Waals surface area contributed by atoms with Gasteiger partial charge in [-0.2, -0.15) is 0 Å². The quantitative estimate of drug-likeness (QED) is 0.684. The molecule has 1 rings (SSSR count). The second-order valence-corrected chi connectivity index (χ2v) is 6.71. The maximum absolute atomic E-state index is 10.4. The van der Waals surface area contributed by atoms with Gasteiger partial charge in [-0.25, -0.2) is 0 Å². The van der Waals surface area contributed by atoms with Crippen LogP contribution in [0, 0.1) is 6.92 Å². The molecule has 1 aromatic rings. The third-order valence-corrected chi connectivity index (χ3v) is 2.87. The topological polar surface area (TPSA) is 20.2 Å². The zero-order valence-electron chi connectivity index (χ0n) is 12.0. The first-order valence-electron chi connectivity index (χ1n) is 5.88. The van der Waals surface area contributed by atoms with E-state index in [-0.39, 0.29) is 31.9 Å². The molecule has 0 fully saturated rings. The van der Waals surface area contributed by atoms with Crippen LogP contribution in [-0.4, -0.2) is 5.11 Å². The molecule has 0 aliphatic carbocycles. The fraction of sp³-hybridized carbons (Fsp3) is 0.600. The molecule has 0 amide bonds. The summed E-state index contributed by atoms with van der Waals surface area (Å²) in [5, 5.41) is 10.4. The minimum atomic E-state index is -0.0178. The number of hydrogen-bond donors (Lipinski definition) is 1. The van der Waals surface area contributed by atoms with Gasteiger partial charge in [0.25, 0.3) is 0 Å². The first-order valence-corrected chi connectivity index (χ1v) is 5.88. The van der Waals surface area contributed by atoms with Gasteiger partial charge in [-0.3, -0.25) is 0 Å². The summed E-state index contributed by atoms with van der Waals surface area (Å²) < 4.78 is 0. The Labute approximate surface area is 120 Å². The van der Waals surface area contributed by atoms with E-state index >= 15 is 0 Å². The van der Waals surface area contributed by atoms with E-state index in [1.807, 2.05) is 0 Å². The number of aromatic hydroxyl groups is 1. The fourth-order valence-electron chi connectivity index (χ4n) is 1.92. The molecular formula is C15H24OW. The average molecular weight is 404 g/mol. The summed E-state index contributed by atoms with van der Waals surface area (Å²) in [5.41, 5.74) is 3.26. The molecule has 0 aromatic heterocycles. The zero-order chi connectivity index (χ0) is 12.7. The molecular weight excluding hydrogens is 380 g/mol. The molecule has 0 unspecified atom stereocenters. The monoisotopic (exact) mass is 404 g/mol. The van der Waals surface area contributed by atoms with Crippen LogP contribution >= 0.6 is 0 Å². The van der Waals surface area contributed by atoms with E-state index in [4.69, 9.17) is 0 Å². The molecule has 17 heavy (non-hydrogen) atoms. The van der Waals surface area contributed by atoms with E-state index < -0.39 is 0 Å². The Hall–Kier alpha value is -0.292. The maximum atomic E-state index is 10.4. The molecule has 1 aromatic carbocycles. The summed E-state index contributed by atoms with van der Waals surface area (Å²) in [6.07, 6.45) is 0. The Morgan fingerprint density at radius 1 is 0.824 bits per heavy atom. The molecule has 0 atom stereocenters. The second kappa shape index (κ2) is 5.14. The van der Waals surface area contributed by atoms with E-state index in [2.05, 4.69) is 60.6 Å². The molecule has 0 heterocycles. The van der Waals surface area contributed by atoms with Crippen molar-refractivity contribution in [3.63, 3.8) is 0 Å². The van der Waals surface area contributed by atoms with Crippen LogP contribution < -0.4 is 0 Å². The Kier molecular flexibility index (Phi) is 5.05. The standard InChI is InChI=1S/C15H24O.W/c1-10-8-11(14(2,3)4)13(16)12(9-10)15(5,6)7;/h8-9,16H,1-7H3;. The minimum absolute atomic E-state index is 0. The number of hydrogen-bond acceptors (Lipinski definition) is 1. The van der Waals surface area contributed by atoms with Crippen molar-refractivity contribution < 1.29 is 26.2 Å². The number of rotatable bonds is 0. The zero-order valence-corrected chi connectivity index (χ0v) is 14.9. The molecule has 0 saturated carbocycles. The van der Waals surface area contributed by atoms with E-state index in [1.54, 1.807) is 0 Å². The van der Waals surface area contributed by atoms with E-state index in [1.165, 1.54) is 5.56 Å². The SMILES string of the molecule is Cc1cc(C(C)(C)C)c(O)c(C(C)(C)C)c1.[W]. The van der Waals surface area contributed by atoms with Crippen molar-refractivity contribution in [2.75, 3.05) is 0 Å². The van der Waals surface area contributed by atoms with Crippen LogP contribution in [0.2, 0.25) is 0 Å². The van der Waals surface area contributed by atoms with E-state index in [0.717, 1.165) is 11.1 Å². The van der Waals surface area contributed by atoms with Crippen molar-refractivity contribution in [3.05, 3.63) is 28.8 Å². The van der Waals surface area contributed by atoms with Gasteiger partial charge in [0.1, 0.15) is 5.75 Å². The second-order valence-electron chi connectivity index (χ2n) is 6.71. The molecule has 2 heteroatoms. The third-order valence-electron chi connectivity index (χ3n) is 2.87. The van der Waals surface area contributed by atoms with Crippen molar-refractivity contribution in [3.8, 4) is 5.75 Å². The molecule has 1 nitrogen and oxygen atoms in total. The average Bonchev–Trinajstić information content (AvgIpc) is 2.04. The minimum Gasteiger partial charge on any atom is -0.507 e. The summed E-state index contributed by atoms with van der Waals surface area (Å²) >= 11 is 0. The molecule has 0 bridgehead atoms. The van der Waals surface area contributed by atoms with Crippen molar-refractivity contribution in [2.24, 2.45) is 0 Å². The van der Waals surface area contributed by atoms with Gasteiger partial charge < -0.3 is 5.11 Å². The molecule has 0 radical (unpaired) electrons. The van der Waals surface area contributed by atoms with Gasteiger partial charge in [-0.1, -0.05) is 59.2 Å². The summed E-state index contributed by atoms with van der Waals surface area (Å²) in [4.78, 5) is 0. The van der Waals surface area contributed by atoms with Gasteiger partial charge >= 0.3 is 0 Å². The third kappa shape index (κ3) is 3.84. The normalized spacial score (nSPS) is 12.2. The molecule has 0 saturated heterocycles. The molecule has 1 N–H and O–H groups in total. The molecule has 0 aliphatic rings. The van der Waals surface area contributed by atoms with Gasteiger partial charge in [-0.15, -0.1) is 0 Å². The van der Waals surface area contributed by atoms with Crippen molar-refractivity contribution in [2.45, 2.75) is 59.3 Å². The van der Waals surface area contributed by atoms with Crippen LogP contribution in [0.25, 0.3) is 0 Å². The van der Waals surface area contributed by atoms with Crippen molar-refractivity contribution >= 4 is 0 Å². The molecule has 0 aliphatic heterocycles. The van der Waals surface area contributed by atoms with Crippen molar-refractivity contribution in [1.29, 1.82) is 0 Å². The smallest absolute Gasteiger partial charge is 0.123 e. The van der Waals surface area contributed by atoms with Gasteiger partial charge in [0, 0.05) is 21.1 Å². The molecule has 96 valence electrons. The van der Waals surface area contributed by atoms with Gasteiger partial charge in [0.2, 0.25) is 0 Å². The molecule has 0 spiro atoms. The Morgan fingerprint density at radius 2 is 1.12 bits per heavy atom. The van der Waals surface area contributed by atoms with Gasteiger partial charge in [-0.05, 0) is 28.9 Å². The van der Waals surface area contributed by atoms with E-state index in [0.29, 0.717) is 5.75 Å². The maximum Gasteiger partial charge on any atom is 0.123 e. The Balaban J connectivity index is 0.00000256. The largest absolute Gasteiger partial charge is 0.507 e. The summed E-state index contributed by atoms with van der Waals surface area (Å²) in [6, 6.07) is 4.18.